The fourth-order valence-corrected chi connectivity index (χ4v) is 5.38. The number of ketones is 1. The number of epoxide rings is 1. The molecule has 0 radical (unpaired) electrons. The molecule has 2 saturated heterocycles. The number of rotatable bonds is 14. The average molecular weight is 585 g/mol. The first-order valence-corrected chi connectivity index (χ1v) is 14.9. The lowest BCUT2D eigenvalue weighted by Gasteiger charge is -2.27. The zero-order chi connectivity index (χ0) is 30.3. The summed E-state index contributed by atoms with van der Waals surface area (Å²) in [7, 11) is 0. The first-order chi connectivity index (χ1) is 20.1. The number of aromatic hydroxyl groups is 1. The van der Waals surface area contributed by atoms with Crippen molar-refractivity contribution < 1.29 is 33.8 Å². The molecule has 0 aromatic heterocycles. The van der Waals surface area contributed by atoms with E-state index in [0.29, 0.717) is 51.3 Å². The number of morpholine rings is 1. The summed E-state index contributed by atoms with van der Waals surface area (Å²) in [6, 6.07) is 2.44. The Balaban J connectivity index is 1.46. The zero-order valence-corrected chi connectivity index (χ0v) is 24.9. The smallest absolute Gasteiger partial charge is 0.243 e. The van der Waals surface area contributed by atoms with E-state index in [-0.39, 0.29) is 30.4 Å². The summed E-state index contributed by atoms with van der Waals surface area (Å²) in [5.74, 6) is -1.42. The lowest BCUT2D eigenvalue weighted by molar-refractivity contribution is -0.134. The summed E-state index contributed by atoms with van der Waals surface area (Å²) in [6.07, 6.45) is 6.08. The van der Waals surface area contributed by atoms with Crippen molar-refractivity contribution in [2.45, 2.75) is 83.0 Å². The number of benzene rings is 1. The Bertz CT molecular complexity index is 1190. The topological polar surface area (TPSA) is 150 Å². The van der Waals surface area contributed by atoms with Crippen molar-refractivity contribution in [2.24, 2.45) is 0 Å². The predicted molar refractivity (Wildman–Crippen MR) is 156 cm³/mol. The molecule has 230 valence electrons. The van der Waals surface area contributed by atoms with Gasteiger partial charge >= 0.3 is 0 Å². The van der Waals surface area contributed by atoms with Crippen LogP contribution in [0.15, 0.2) is 29.8 Å². The minimum atomic E-state index is -1.05. The quantitative estimate of drug-likeness (QED) is 0.188. The number of carbonyl (C=O) groups is 4. The van der Waals surface area contributed by atoms with Crippen LogP contribution in [0.1, 0.15) is 57.6 Å². The number of carbonyl (C=O) groups excluding carboxylic acids is 4. The third kappa shape index (κ3) is 8.62. The fourth-order valence-electron chi connectivity index (χ4n) is 5.38. The lowest BCUT2D eigenvalue weighted by Crippen LogP contribution is -2.57. The number of ether oxygens (including phenoxy) is 2. The Morgan fingerprint density at radius 2 is 1.76 bits per heavy atom. The molecule has 2 heterocycles. The number of phenolic OH excluding ortho intramolecular Hbond substituents is 1. The molecule has 1 aliphatic carbocycles. The molecule has 1 aromatic rings. The van der Waals surface area contributed by atoms with E-state index < -0.39 is 35.5 Å². The Morgan fingerprint density at radius 3 is 2.38 bits per heavy atom. The highest BCUT2D eigenvalue weighted by Crippen LogP contribution is 2.31. The van der Waals surface area contributed by atoms with E-state index in [4.69, 9.17) is 9.47 Å². The van der Waals surface area contributed by atoms with Crippen molar-refractivity contribution >= 4 is 23.5 Å². The van der Waals surface area contributed by atoms with E-state index in [2.05, 4.69) is 22.0 Å². The third-order valence-corrected chi connectivity index (χ3v) is 8.18. The van der Waals surface area contributed by atoms with Gasteiger partial charge in [-0.15, -0.1) is 0 Å². The highest BCUT2D eigenvalue weighted by atomic mass is 16.6. The van der Waals surface area contributed by atoms with Crippen molar-refractivity contribution in [3.8, 4) is 5.75 Å². The van der Waals surface area contributed by atoms with Gasteiger partial charge in [0.1, 0.15) is 23.4 Å². The number of aryl methyl sites for hydroxylation is 1. The molecule has 3 aliphatic rings. The Hall–Kier alpha value is -3.28. The normalized spacial score (nSPS) is 22.4. The van der Waals surface area contributed by atoms with E-state index in [9.17, 15) is 24.3 Å². The minimum absolute atomic E-state index is 0.0843. The Morgan fingerprint density at radius 1 is 1.05 bits per heavy atom. The summed E-state index contributed by atoms with van der Waals surface area (Å²) >= 11 is 0. The number of nitrogens with one attached hydrogen (secondary N) is 3. The Kier molecular flexibility index (Phi) is 10.7. The molecule has 3 amide bonds. The van der Waals surface area contributed by atoms with Gasteiger partial charge in [-0.25, -0.2) is 0 Å². The van der Waals surface area contributed by atoms with Gasteiger partial charge in [-0.3, -0.25) is 24.1 Å². The zero-order valence-electron chi connectivity index (χ0n) is 24.9. The van der Waals surface area contributed by atoms with Gasteiger partial charge in [0.15, 0.2) is 5.78 Å². The maximum absolute atomic E-state index is 13.7. The minimum Gasteiger partial charge on any atom is -0.508 e. The number of allylic oxidation sites excluding steroid dienone is 1. The van der Waals surface area contributed by atoms with Gasteiger partial charge in [-0.05, 0) is 63.1 Å². The van der Waals surface area contributed by atoms with Gasteiger partial charge < -0.3 is 30.5 Å². The van der Waals surface area contributed by atoms with E-state index in [1.807, 2.05) is 17.9 Å². The maximum Gasteiger partial charge on any atom is 0.243 e. The number of nitrogens with zero attached hydrogens (tertiary/aromatic N) is 1. The number of hydrogen-bond donors (Lipinski definition) is 4. The van der Waals surface area contributed by atoms with Gasteiger partial charge in [-0.1, -0.05) is 30.7 Å². The van der Waals surface area contributed by atoms with Gasteiger partial charge in [0, 0.05) is 19.5 Å². The van der Waals surface area contributed by atoms with Crippen molar-refractivity contribution in [1.29, 1.82) is 0 Å². The molecule has 4 N–H and O–H groups in total. The van der Waals surface area contributed by atoms with E-state index >= 15 is 0 Å². The lowest BCUT2D eigenvalue weighted by atomic mass is 9.93. The van der Waals surface area contributed by atoms with Crippen LogP contribution < -0.4 is 16.0 Å². The van der Waals surface area contributed by atoms with Crippen LogP contribution in [0.25, 0.3) is 0 Å². The summed E-state index contributed by atoms with van der Waals surface area (Å²) < 4.78 is 10.7. The van der Waals surface area contributed by atoms with Crippen LogP contribution in [0, 0.1) is 0 Å². The monoisotopic (exact) mass is 584 g/mol. The first kappa shape index (κ1) is 31.7. The van der Waals surface area contributed by atoms with Crippen molar-refractivity contribution in [1.82, 2.24) is 20.9 Å². The van der Waals surface area contributed by atoms with Gasteiger partial charge in [0.05, 0.1) is 32.4 Å². The van der Waals surface area contributed by atoms with Crippen LogP contribution in [0.5, 0.6) is 5.75 Å². The van der Waals surface area contributed by atoms with E-state index in [1.54, 1.807) is 26.0 Å². The summed E-state index contributed by atoms with van der Waals surface area (Å²) in [6.45, 7) is 8.06. The molecule has 1 aromatic carbocycles. The highest BCUT2D eigenvalue weighted by Gasteiger charge is 2.50. The maximum atomic E-state index is 13.7. The third-order valence-electron chi connectivity index (χ3n) is 8.18. The molecule has 11 heteroatoms. The van der Waals surface area contributed by atoms with Gasteiger partial charge in [0.2, 0.25) is 17.7 Å². The first-order valence-electron chi connectivity index (χ1n) is 14.9. The van der Waals surface area contributed by atoms with Crippen LogP contribution in [-0.4, -0.2) is 96.7 Å². The highest BCUT2D eigenvalue weighted by molar-refractivity contribution is 5.98. The molecule has 4 rings (SSSR count). The Labute approximate surface area is 247 Å². The van der Waals surface area contributed by atoms with Crippen LogP contribution in [-0.2, 0) is 41.5 Å². The number of amides is 3. The average Bonchev–Trinajstić information content (AvgIpc) is 3.50. The van der Waals surface area contributed by atoms with Crippen LogP contribution in [0.4, 0.5) is 0 Å². The largest absolute Gasteiger partial charge is 0.508 e. The predicted octanol–water partition coefficient (Wildman–Crippen LogP) is 1.16. The van der Waals surface area contributed by atoms with Crippen molar-refractivity contribution in [3.63, 3.8) is 0 Å². The molecule has 42 heavy (non-hydrogen) atoms. The summed E-state index contributed by atoms with van der Waals surface area (Å²) in [5.41, 5.74) is 1.62. The van der Waals surface area contributed by atoms with Crippen molar-refractivity contribution in [2.75, 3.05) is 39.5 Å². The molecule has 0 unspecified atom stereocenters. The van der Waals surface area contributed by atoms with Crippen molar-refractivity contribution in [3.05, 3.63) is 41.0 Å². The van der Waals surface area contributed by atoms with Crippen LogP contribution in [0.2, 0.25) is 0 Å². The molecule has 2 fully saturated rings. The molecular formula is C31H44N4O7. The summed E-state index contributed by atoms with van der Waals surface area (Å²) in [4.78, 5) is 54.8. The molecule has 4 atom stereocenters. The molecule has 0 bridgehead atoms. The molecule has 0 spiro atoms. The molecule has 11 nitrogen and oxygen atoms in total. The SMILES string of the molecule is CCc1ccc(C[C@H](NC(=O)[C@H](C)NC(=O)CN2CCOCC2)C(=O)N[C@@H](CC2=CCCC2)C(=O)[C@]2(C)CO2)cc1O. The number of Topliss-reactive ketones (excluding diaryl/α,β-unsaturated/α-hetero) is 1. The summed E-state index contributed by atoms with van der Waals surface area (Å²) in [5, 5.41) is 18.8. The fraction of sp³-hybridized carbons (Fsp3) is 0.613. The van der Waals surface area contributed by atoms with E-state index in [0.717, 1.165) is 30.4 Å². The second-order valence-corrected chi connectivity index (χ2v) is 11.7. The van der Waals surface area contributed by atoms with Gasteiger partial charge in [0.25, 0.3) is 0 Å². The van der Waals surface area contributed by atoms with Gasteiger partial charge in [-0.2, -0.15) is 0 Å². The van der Waals surface area contributed by atoms with Crippen LogP contribution >= 0.6 is 0 Å². The second-order valence-electron chi connectivity index (χ2n) is 11.7. The molecule has 0 saturated carbocycles. The van der Waals surface area contributed by atoms with E-state index in [1.165, 1.54) is 0 Å². The second kappa shape index (κ2) is 14.3. The number of hydrogen-bond acceptors (Lipinski definition) is 8. The number of phenols is 1. The molecular weight excluding hydrogens is 540 g/mol. The molecule has 2 aliphatic heterocycles. The van der Waals surface area contributed by atoms with Crippen LogP contribution in [0.3, 0.4) is 0 Å². The standard InChI is InChI=1S/C31H44N4O7/c1-4-23-10-9-22(17-26(23)36)16-25(34-29(39)20(2)32-27(37)18-35-11-13-41-14-12-35)30(40)33-24(15-21-7-5-6-8-21)28(38)31(3)19-42-31/h7,9-10,17,20,24-25,36H,4-6,8,11-16,18-19H2,1-3H3,(H,32,37)(H,33,40)(H,34,39)/t20-,24-,25-,31-/m0/s1.